The highest BCUT2D eigenvalue weighted by molar-refractivity contribution is 5.92. The number of imidazole rings is 1. The molecule has 0 fully saturated rings. The highest BCUT2D eigenvalue weighted by Crippen LogP contribution is 2.28. The number of nitrogens with one attached hydrogen (secondary N) is 2. The van der Waals surface area contributed by atoms with E-state index in [1.54, 1.807) is 32.4 Å². The van der Waals surface area contributed by atoms with Gasteiger partial charge in [0.1, 0.15) is 0 Å². The highest BCUT2D eigenvalue weighted by atomic mass is 19.2. The van der Waals surface area contributed by atoms with E-state index in [0.29, 0.717) is 54.4 Å². The van der Waals surface area contributed by atoms with Crippen LogP contribution in [0.1, 0.15) is 34.6 Å². The second-order valence-electron chi connectivity index (χ2n) is 7.35. The Hall–Kier alpha value is -3.36. The van der Waals surface area contributed by atoms with Crippen molar-refractivity contribution < 1.29 is 13.6 Å². The summed E-state index contributed by atoms with van der Waals surface area (Å²) >= 11 is 0. The van der Waals surface area contributed by atoms with Crippen LogP contribution in [0.4, 0.5) is 20.4 Å². The van der Waals surface area contributed by atoms with Crippen molar-refractivity contribution in [3.05, 3.63) is 64.5 Å². The molecule has 156 valence electrons. The van der Waals surface area contributed by atoms with Crippen molar-refractivity contribution in [1.82, 2.24) is 19.9 Å². The van der Waals surface area contributed by atoms with Crippen LogP contribution in [-0.4, -0.2) is 32.4 Å². The molecule has 1 aromatic carbocycles. The molecule has 0 aliphatic carbocycles. The first kappa shape index (κ1) is 19.9. The molecule has 1 aliphatic rings. The van der Waals surface area contributed by atoms with Gasteiger partial charge in [-0.3, -0.25) is 4.79 Å². The summed E-state index contributed by atoms with van der Waals surface area (Å²) in [4.78, 5) is 30.1. The van der Waals surface area contributed by atoms with Crippen molar-refractivity contribution in [1.29, 1.82) is 0 Å². The van der Waals surface area contributed by atoms with E-state index < -0.39 is 11.6 Å². The number of hydrogen-bond acceptors (Lipinski definition) is 5. The molecule has 3 aromatic rings. The summed E-state index contributed by atoms with van der Waals surface area (Å²) in [6.45, 7) is 4.39. The number of benzene rings is 1. The second kappa shape index (κ2) is 8.17. The molecule has 7 nitrogen and oxygen atoms in total. The quantitative estimate of drug-likeness (QED) is 0.672. The van der Waals surface area contributed by atoms with Gasteiger partial charge in [0, 0.05) is 31.3 Å². The number of rotatable bonds is 5. The van der Waals surface area contributed by atoms with E-state index in [0.717, 1.165) is 17.3 Å². The van der Waals surface area contributed by atoms with Crippen LogP contribution in [0.25, 0.3) is 0 Å². The molecule has 0 unspecified atom stereocenters. The van der Waals surface area contributed by atoms with Gasteiger partial charge in [-0.05, 0) is 38.3 Å². The molecule has 0 spiro atoms. The zero-order valence-corrected chi connectivity index (χ0v) is 16.8. The van der Waals surface area contributed by atoms with Gasteiger partial charge in [-0.1, -0.05) is 6.07 Å². The second-order valence-corrected chi connectivity index (χ2v) is 7.35. The van der Waals surface area contributed by atoms with Crippen molar-refractivity contribution in [2.24, 2.45) is 0 Å². The predicted octanol–water partition coefficient (Wildman–Crippen LogP) is 3.23. The Labute approximate surface area is 172 Å². The van der Waals surface area contributed by atoms with Crippen molar-refractivity contribution in [3.8, 4) is 0 Å². The molecular weight excluding hydrogens is 390 g/mol. The molecule has 4 rings (SSSR count). The van der Waals surface area contributed by atoms with Crippen LogP contribution in [0, 0.1) is 25.5 Å². The van der Waals surface area contributed by atoms with E-state index >= 15 is 0 Å². The monoisotopic (exact) mass is 412 g/mol. The minimum absolute atomic E-state index is 0.148. The van der Waals surface area contributed by atoms with E-state index in [1.165, 1.54) is 0 Å². The minimum Gasteiger partial charge on any atom is -0.351 e. The van der Waals surface area contributed by atoms with Gasteiger partial charge in [0.15, 0.2) is 11.6 Å². The lowest BCUT2D eigenvalue weighted by Crippen LogP contribution is -2.33. The van der Waals surface area contributed by atoms with Crippen LogP contribution in [0.5, 0.6) is 0 Å². The van der Waals surface area contributed by atoms with Gasteiger partial charge in [0.05, 0.1) is 29.1 Å². The van der Waals surface area contributed by atoms with Crippen molar-refractivity contribution in [2.75, 3.05) is 16.8 Å². The third-order valence-electron chi connectivity index (χ3n) is 5.26. The van der Waals surface area contributed by atoms with Gasteiger partial charge in [-0.15, -0.1) is 0 Å². The molecule has 9 heteroatoms. The van der Waals surface area contributed by atoms with E-state index in [2.05, 4.69) is 25.3 Å². The Bertz CT molecular complexity index is 1060. The maximum atomic E-state index is 14.2. The maximum absolute atomic E-state index is 14.2. The molecule has 30 heavy (non-hydrogen) atoms. The Kier molecular flexibility index (Phi) is 5.43. The number of carbonyl (C=O) groups excluding carboxylic acids is 1. The highest BCUT2D eigenvalue weighted by Gasteiger charge is 2.24. The fourth-order valence-electron chi connectivity index (χ4n) is 3.63. The molecule has 3 heterocycles. The number of anilines is 2. The molecule has 0 radical (unpaired) electrons. The topological polar surface area (TPSA) is 86.8 Å². The Morgan fingerprint density at radius 1 is 1.23 bits per heavy atom. The number of fused-ring (bicyclic) bond motifs is 1. The maximum Gasteiger partial charge on any atom is 0.226 e. The first-order chi connectivity index (χ1) is 14.4. The van der Waals surface area contributed by atoms with Crippen LogP contribution in [0.2, 0.25) is 0 Å². The molecular formula is C21H22F2N6O. The number of H-pyrrole nitrogens is 1. The zero-order chi connectivity index (χ0) is 21.3. The van der Waals surface area contributed by atoms with Crippen molar-refractivity contribution in [3.63, 3.8) is 0 Å². The molecule has 1 aliphatic heterocycles. The van der Waals surface area contributed by atoms with Crippen LogP contribution < -0.4 is 10.2 Å². The van der Waals surface area contributed by atoms with Crippen LogP contribution >= 0.6 is 0 Å². The van der Waals surface area contributed by atoms with Gasteiger partial charge in [-0.2, -0.15) is 0 Å². The third kappa shape index (κ3) is 4.00. The normalized spacial score (nSPS) is 13.3. The average molecular weight is 412 g/mol. The average Bonchev–Trinajstić information content (AvgIpc) is 3.25. The van der Waals surface area contributed by atoms with Crippen LogP contribution in [-0.2, 0) is 24.2 Å². The number of hydrogen-bond donors (Lipinski definition) is 2. The van der Waals surface area contributed by atoms with E-state index in [4.69, 9.17) is 0 Å². The summed E-state index contributed by atoms with van der Waals surface area (Å²) in [5, 5.41) is 2.87. The number of amides is 1. The van der Waals surface area contributed by atoms with Gasteiger partial charge < -0.3 is 15.2 Å². The molecule has 2 N–H and O–H groups in total. The molecule has 0 atom stereocenters. The largest absolute Gasteiger partial charge is 0.351 e. The number of carbonyl (C=O) groups is 1. The smallest absolute Gasteiger partial charge is 0.226 e. The van der Waals surface area contributed by atoms with Crippen LogP contribution in [0.3, 0.4) is 0 Å². The standard InChI is InChI=1S/C21H22F2N6O/c1-12-20(28-18(30)6-4-15-9-24-11-25-15)13(2)27-21(26-12)29-8-7-14-3-5-17(22)19(23)16(14)10-29/h3,5,9,11H,4,6-8,10H2,1-2H3,(H,24,25)(H,28,30). The molecule has 1 amide bonds. The number of aromatic nitrogens is 4. The molecule has 0 bridgehead atoms. The third-order valence-corrected chi connectivity index (χ3v) is 5.26. The summed E-state index contributed by atoms with van der Waals surface area (Å²) in [6.07, 6.45) is 4.74. The first-order valence-electron chi connectivity index (χ1n) is 9.76. The summed E-state index contributed by atoms with van der Waals surface area (Å²) in [5.74, 6) is -1.37. The predicted molar refractivity (Wildman–Crippen MR) is 108 cm³/mol. The number of aryl methyl sites for hydroxylation is 3. The number of aromatic amines is 1. The Morgan fingerprint density at radius 3 is 2.70 bits per heavy atom. The van der Waals surface area contributed by atoms with E-state index in [-0.39, 0.29) is 12.5 Å². The van der Waals surface area contributed by atoms with Crippen molar-refractivity contribution >= 4 is 17.5 Å². The van der Waals surface area contributed by atoms with Gasteiger partial charge in [-0.25, -0.2) is 23.7 Å². The Morgan fingerprint density at radius 2 is 2.00 bits per heavy atom. The molecule has 2 aromatic heterocycles. The first-order valence-corrected chi connectivity index (χ1v) is 9.76. The van der Waals surface area contributed by atoms with Gasteiger partial charge in [0.25, 0.3) is 0 Å². The summed E-state index contributed by atoms with van der Waals surface area (Å²) < 4.78 is 27.8. The summed E-state index contributed by atoms with van der Waals surface area (Å²) in [6, 6.07) is 2.79. The minimum atomic E-state index is -0.850. The SMILES string of the molecule is Cc1nc(N2CCc3ccc(F)c(F)c3C2)nc(C)c1NC(=O)CCc1c[nH]cn1. The number of halogens is 2. The lowest BCUT2D eigenvalue weighted by molar-refractivity contribution is -0.116. The van der Waals surface area contributed by atoms with Gasteiger partial charge >= 0.3 is 0 Å². The fourth-order valence-corrected chi connectivity index (χ4v) is 3.63. The van der Waals surface area contributed by atoms with Crippen molar-refractivity contribution in [2.45, 2.75) is 39.7 Å². The van der Waals surface area contributed by atoms with Crippen LogP contribution in [0.15, 0.2) is 24.7 Å². The lowest BCUT2D eigenvalue weighted by atomic mass is 9.99. The lowest BCUT2D eigenvalue weighted by Gasteiger charge is -2.30. The Balaban J connectivity index is 1.48. The zero-order valence-electron chi connectivity index (χ0n) is 16.8. The van der Waals surface area contributed by atoms with E-state index in [9.17, 15) is 13.6 Å². The van der Waals surface area contributed by atoms with Gasteiger partial charge in [0.2, 0.25) is 11.9 Å². The van der Waals surface area contributed by atoms with E-state index in [1.807, 2.05) is 4.90 Å². The molecule has 0 saturated heterocycles. The molecule has 0 saturated carbocycles. The summed E-state index contributed by atoms with van der Waals surface area (Å²) in [5.41, 5.74) is 3.78. The summed E-state index contributed by atoms with van der Waals surface area (Å²) in [7, 11) is 0. The fraction of sp³-hybridized carbons (Fsp3) is 0.333. The number of nitrogens with zero attached hydrogens (tertiary/aromatic N) is 4.